The maximum Gasteiger partial charge on any atom is 0.181 e. The lowest BCUT2D eigenvalue weighted by molar-refractivity contribution is -0.0278. The van der Waals surface area contributed by atoms with Gasteiger partial charge in [-0.05, 0) is 12.8 Å². The minimum absolute atomic E-state index is 0.170. The van der Waals surface area contributed by atoms with E-state index in [1.165, 1.54) is 32.1 Å². The summed E-state index contributed by atoms with van der Waals surface area (Å²) in [5.74, 6) is 0. The Kier molecular flexibility index (Phi) is 1.91. The molecule has 1 heterocycles. The summed E-state index contributed by atoms with van der Waals surface area (Å²) in [5, 5.41) is 0. The molecule has 0 bridgehead atoms. The molecule has 0 aromatic carbocycles. The molecular weight excluding hydrogens is 128 g/mol. The van der Waals surface area contributed by atoms with Crippen LogP contribution < -0.4 is 0 Å². The van der Waals surface area contributed by atoms with E-state index in [4.69, 9.17) is 9.47 Å². The highest BCUT2D eigenvalue weighted by molar-refractivity contribution is 4.68. The van der Waals surface area contributed by atoms with Gasteiger partial charge in [0, 0.05) is 0 Å². The fourth-order valence-electron chi connectivity index (χ4n) is 1.53. The van der Waals surface area contributed by atoms with E-state index in [0.29, 0.717) is 6.10 Å². The highest BCUT2D eigenvalue weighted by Crippen LogP contribution is 2.24. The van der Waals surface area contributed by atoms with Gasteiger partial charge in [-0.2, -0.15) is 0 Å². The highest BCUT2D eigenvalue weighted by atomic mass is 16.8. The van der Waals surface area contributed by atoms with E-state index >= 15 is 0 Å². The average Bonchev–Trinajstić information content (AvgIpc) is 2.74. The van der Waals surface area contributed by atoms with Crippen LogP contribution in [-0.4, -0.2) is 19.0 Å². The Morgan fingerprint density at radius 3 is 2.40 bits per heavy atom. The summed E-state index contributed by atoms with van der Waals surface area (Å²) in [6.07, 6.45) is 7.27. The molecule has 2 fully saturated rings. The van der Waals surface area contributed by atoms with Crippen molar-refractivity contribution < 1.29 is 9.47 Å². The Morgan fingerprint density at radius 1 is 1.10 bits per heavy atom. The summed E-state index contributed by atoms with van der Waals surface area (Å²) in [7, 11) is 0. The van der Waals surface area contributed by atoms with Gasteiger partial charge >= 0.3 is 0 Å². The van der Waals surface area contributed by atoms with Gasteiger partial charge in [0.05, 0.1) is 6.10 Å². The normalized spacial score (nSPS) is 34.2. The van der Waals surface area contributed by atoms with Crippen LogP contribution in [0, 0.1) is 0 Å². The van der Waals surface area contributed by atoms with Gasteiger partial charge < -0.3 is 9.47 Å². The van der Waals surface area contributed by atoms with Gasteiger partial charge in [0.15, 0.2) is 6.29 Å². The molecule has 0 amide bonds. The van der Waals surface area contributed by atoms with Crippen molar-refractivity contribution in [3.8, 4) is 0 Å². The van der Waals surface area contributed by atoms with E-state index in [0.717, 1.165) is 6.61 Å². The number of hydrogen-bond acceptors (Lipinski definition) is 2. The predicted molar refractivity (Wildman–Crippen MR) is 37.7 cm³/mol. The van der Waals surface area contributed by atoms with Gasteiger partial charge in [-0.1, -0.05) is 19.3 Å². The summed E-state index contributed by atoms with van der Waals surface area (Å²) in [6.45, 7) is 0.830. The summed E-state index contributed by atoms with van der Waals surface area (Å²) in [5.41, 5.74) is 0. The molecule has 0 N–H and O–H groups in total. The zero-order valence-corrected chi connectivity index (χ0v) is 6.21. The highest BCUT2D eigenvalue weighted by Gasteiger charge is 2.27. The average molecular weight is 142 g/mol. The third-order valence-electron chi connectivity index (χ3n) is 2.20. The third kappa shape index (κ3) is 1.70. The first-order valence-electron chi connectivity index (χ1n) is 4.22. The van der Waals surface area contributed by atoms with Gasteiger partial charge in [0.2, 0.25) is 0 Å². The van der Waals surface area contributed by atoms with Gasteiger partial charge in [0.1, 0.15) is 6.61 Å². The molecule has 58 valence electrons. The molecule has 2 rings (SSSR count). The lowest BCUT2D eigenvalue weighted by Gasteiger charge is -2.20. The van der Waals surface area contributed by atoms with Crippen LogP contribution in [-0.2, 0) is 9.47 Å². The number of epoxide rings is 1. The van der Waals surface area contributed by atoms with Gasteiger partial charge in [-0.15, -0.1) is 0 Å². The first-order chi connectivity index (χ1) is 4.95. The fraction of sp³-hybridized carbons (Fsp3) is 1.00. The SMILES string of the molecule is C1CCC(OC2CO2)CC1. The first kappa shape index (κ1) is 6.62. The van der Waals surface area contributed by atoms with Crippen LogP contribution in [0.4, 0.5) is 0 Å². The van der Waals surface area contributed by atoms with Crippen molar-refractivity contribution in [1.29, 1.82) is 0 Å². The lowest BCUT2D eigenvalue weighted by atomic mass is 9.98. The maximum atomic E-state index is 5.58. The molecule has 0 radical (unpaired) electrons. The van der Waals surface area contributed by atoms with Crippen molar-refractivity contribution in [1.82, 2.24) is 0 Å². The summed E-state index contributed by atoms with van der Waals surface area (Å²) < 4.78 is 10.6. The molecule has 0 aromatic rings. The number of hydrogen-bond donors (Lipinski definition) is 0. The Labute approximate surface area is 61.5 Å². The minimum atomic E-state index is 0.170. The molecule has 0 spiro atoms. The van der Waals surface area contributed by atoms with Crippen LogP contribution in [0.25, 0.3) is 0 Å². The standard InChI is InChI=1S/C8H14O2/c1-2-4-7(5-3-1)10-8-6-9-8/h7-8H,1-6H2. The van der Waals surface area contributed by atoms with Gasteiger partial charge in [0.25, 0.3) is 0 Å². The van der Waals surface area contributed by atoms with Crippen molar-refractivity contribution in [2.75, 3.05) is 6.61 Å². The number of ether oxygens (including phenoxy) is 2. The van der Waals surface area contributed by atoms with E-state index in [2.05, 4.69) is 0 Å². The summed E-state index contributed by atoms with van der Waals surface area (Å²) >= 11 is 0. The largest absolute Gasteiger partial charge is 0.347 e. The molecule has 2 heteroatoms. The van der Waals surface area contributed by atoms with Crippen LogP contribution >= 0.6 is 0 Å². The van der Waals surface area contributed by atoms with Crippen molar-refractivity contribution in [2.24, 2.45) is 0 Å². The van der Waals surface area contributed by atoms with Crippen LogP contribution in [0.1, 0.15) is 32.1 Å². The molecule has 2 aliphatic rings. The molecule has 10 heavy (non-hydrogen) atoms. The van der Waals surface area contributed by atoms with Crippen LogP contribution in [0.15, 0.2) is 0 Å². The molecule has 1 aliphatic heterocycles. The molecule has 2 nitrogen and oxygen atoms in total. The van der Waals surface area contributed by atoms with Gasteiger partial charge in [-0.3, -0.25) is 0 Å². The smallest absolute Gasteiger partial charge is 0.181 e. The van der Waals surface area contributed by atoms with E-state index < -0.39 is 0 Å². The third-order valence-corrected chi connectivity index (χ3v) is 2.20. The zero-order valence-electron chi connectivity index (χ0n) is 6.21. The van der Waals surface area contributed by atoms with E-state index in [1.807, 2.05) is 0 Å². The van der Waals surface area contributed by atoms with Gasteiger partial charge in [-0.25, -0.2) is 0 Å². The monoisotopic (exact) mass is 142 g/mol. The molecular formula is C8H14O2. The van der Waals surface area contributed by atoms with E-state index in [1.54, 1.807) is 0 Å². The summed E-state index contributed by atoms with van der Waals surface area (Å²) in [6, 6.07) is 0. The second-order valence-electron chi connectivity index (χ2n) is 3.16. The first-order valence-corrected chi connectivity index (χ1v) is 4.22. The molecule has 1 aliphatic carbocycles. The molecule has 1 unspecified atom stereocenters. The van der Waals surface area contributed by atoms with Crippen LogP contribution in [0.5, 0.6) is 0 Å². The Hall–Kier alpha value is -0.0800. The molecule has 0 aromatic heterocycles. The van der Waals surface area contributed by atoms with Crippen LogP contribution in [0.3, 0.4) is 0 Å². The number of rotatable bonds is 2. The molecule has 1 atom stereocenters. The minimum Gasteiger partial charge on any atom is -0.347 e. The second kappa shape index (κ2) is 2.89. The molecule has 1 saturated heterocycles. The Balaban J connectivity index is 1.69. The van der Waals surface area contributed by atoms with Crippen molar-refractivity contribution in [2.45, 2.75) is 44.5 Å². The van der Waals surface area contributed by atoms with E-state index in [9.17, 15) is 0 Å². The fourth-order valence-corrected chi connectivity index (χ4v) is 1.53. The topological polar surface area (TPSA) is 21.8 Å². The Bertz CT molecular complexity index is 104. The van der Waals surface area contributed by atoms with E-state index in [-0.39, 0.29) is 6.29 Å². The maximum absolute atomic E-state index is 5.58. The predicted octanol–water partition coefficient (Wildman–Crippen LogP) is 1.69. The zero-order chi connectivity index (χ0) is 6.81. The van der Waals surface area contributed by atoms with Crippen molar-refractivity contribution in [3.63, 3.8) is 0 Å². The van der Waals surface area contributed by atoms with Crippen molar-refractivity contribution in [3.05, 3.63) is 0 Å². The van der Waals surface area contributed by atoms with Crippen LogP contribution in [0.2, 0.25) is 0 Å². The second-order valence-corrected chi connectivity index (χ2v) is 3.16. The summed E-state index contributed by atoms with van der Waals surface area (Å²) in [4.78, 5) is 0. The quantitative estimate of drug-likeness (QED) is 0.547. The lowest BCUT2D eigenvalue weighted by Crippen LogP contribution is -2.17. The molecule has 1 saturated carbocycles. The van der Waals surface area contributed by atoms with Crippen molar-refractivity contribution >= 4 is 0 Å². The Morgan fingerprint density at radius 2 is 1.80 bits per heavy atom.